The lowest BCUT2D eigenvalue weighted by Gasteiger charge is -2.26. The highest BCUT2D eigenvalue weighted by Gasteiger charge is 2.38. The van der Waals surface area contributed by atoms with Crippen LogP contribution in [0.4, 0.5) is 0 Å². The summed E-state index contributed by atoms with van der Waals surface area (Å²) in [7, 11) is 1.41. The standard InChI is InChI=1S/C15H15NO4/c1-20-13-8-7-11(9-12(13)17)15(19,14(16)18)10-5-3-2-4-6-10/h2-9,17,19H,1H3,(H2,16,18). The van der Waals surface area contributed by atoms with E-state index in [1.807, 2.05) is 0 Å². The second-order valence-electron chi connectivity index (χ2n) is 4.33. The molecule has 2 aromatic carbocycles. The molecule has 104 valence electrons. The number of aromatic hydroxyl groups is 1. The number of phenolic OH excluding ortho intramolecular Hbond substituents is 1. The van der Waals surface area contributed by atoms with E-state index < -0.39 is 11.5 Å². The number of carbonyl (C=O) groups excluding carboxylic acids is 1. The Morgan fingerprint density at radius 2 is 1.80 bits per heavy atom. The fourth-order valence-corrected chi connectivity index (χ4v) is 2.05. The molecule has 4 N–H and O–H groups in total. The molecule has 0 aromatic heterocycles. The number of hydrogen-bond donors (Lipinski definition) is 3. The Morgan fingerprint density at radius 3 is 2.30 bits per heavy atom. The first-order valence-corrected chi connectivity index (χ1v) is 5.95. The van der Waals surface area contributed by atoms with Crippen LogP contribution < -0.4 is 10.5 Å². The number of carbonyl (C=O) groups is 1. The number of benzene rings is 2. The minimum Gasteiger partial charge on any atom is -0.504 e. The summed E-state index contributed by atoms with van der Waals surface area (Å²) in [4.78, 5) is 11.7. The van der Waals surface area contributed by atoms with Crippen molar-refractivity contribution in [2.75, 3.05) is 7.11 Å². The van der Waals surface area contributed by atoms with Crippen LogP contribution >= 0.6 is 0 Å². The van der Waals surface area contributed by atoms with Crippen LogP contribution in [0.2, 0.25) is 0 Å². The van der Waals surface area contributed by atoms with E-state index in [1.165, 1.54) is 25.3 Å². The molecule has 5 nitrogen and oxygen atoms in total. The number of rotatable bonds is 4. The highest BCUT2D eigenvalue weighted by molar-refractivity contribution is 5.88. The van der Waals surface area contributed by atoms with Gasteiger partial charge in [0.05, 0.1) is 7.11 Å². The van der Waals surface area contributed by atoms with E-state index in [-0.39, 0.29) is 17.1 Å². The van der Waals surface area contributed by atoms with Crippen LogP contribution in [-0.4, -0.2) is 23.2 Å². The summed E-state index contributed by atoms with van der Waals surface area (Å²) in [5.41, 5.74) is 3.85. The van der Waals surface area contributed by atoms with E-state index in [2.05, 4.69) is 0 Å². The van der Waals surface area contributed by atoms with Crippen LogP contribution in [0.15, 0.2) is 48.5 Å². The van der Waals surface area contributed by atoms with Crippen LogP contribution in [0.25, 0.3) is 0 Å². The molecule has 0 aliphatic rings. The van der Waals surface area contributed by atoms with Gasteiger partial charge in [0.2, 0.25) is 0 Å². The number of amides is 1. The summed E-state index contributed by atoms with van der Waals surface area (Å²) in [5, 5.41) is 20.5. The van der Waals surface area contributed by atoms with E-state index in [4.69, 9.17) is 10.5 Å². The lowest BCUT2D eigenvalue weighted by Crippen LogP contribution is -2.42. The molecular formula is C15H15NO4. The number of nitrogens with two attached hydrogens (primary N) is 1. The van der Waals surface area contributed by atoms with Crippen LogP contribution in [0, 0.1) is 0 Å². The fraction of sp³-hybridized carbons (Fsp3) is 0.133. The van der Waals surface area contributed by atoms with Crippen LogP contribution in [0.3, 0.4) is 0 Å². The van der Waals surface area contributed by atoms with Gasteiger partial charge in [-0.05, 0) is 17.7 Å². The molecule has 0 spiro atoms. The molecule has 5 heteroatoms. The summed E-state index contributed by atoms with van der Waals surface area (Å²) in [6.07, 6.45) is 0. The van der Waals surface area contributed by atoms with E-state index in [9.17, 15) is 15.0 Å². The number of ether oxygens (including phenoxy) is 1. The maximum Gasteiger partial charge on any atom is 0.258 e. The first kappa shape index (κ1) is 13.9. The fourth-order valence-electron chi connectivity index (χ4n) is 2.05. The van der Waals surface area contributed by atoms with Gasteiger partial charge in [0.25, 0.3) is 5.91 Å². The van der Waals surface area contributed by atoms with Crippen molar-refractivity contribution in [3.63, 3.8) is 0 Å². The van der Waals surface area contributed by atoms with Gasteiger partial charge < -0.3 is 20.7 Å². The van der Waals surface area contributed by atoms with Crippen LogP contribution in [0.1, 0.15) is 11.1 Å². The van der Waals surface area contributed by atoms with Gasteiger partial charge in [0, 0.05) is 5.56 Å². The average molecular weight is 273 g/mol. The van der Waals surface area contributed by atoms with Crippen molar-refractivity contribution < 1.29 is 19.7 Å². The number of primary amides is 1. The predicted octanol–water partition coefficient (Wildman–Crippen LogP) is 1.12. The monoisotopic (exact) mass is 273 g/mol. The summed E-state index contributed by atoms with van der Waals surface area (Å²) in [5.74, 6) is -0.859. The molecule has 2 aromatic rings. The number of hydrogen-bond acceptors (Lipinski definition) is 4. The molecular weight excluding hydrogens is 258 g/mol. The number of aliphatic hydroxyl groups is 1. The molecule has 0 radical (unpaired) electrons. The van der Waals surface area contributed by atoms with Gasteiger partial charge in [-0.25, -0.2) is 0 Å². The highest BCUT2D eigenvalue weighted by Crippen LogP contribution is 2.35. The Labute approximate surface area is 116 Å². The normalized spacial score (nSPS) is 13.5. The smallest absolute Gasteiger partial charge is 0.258 e. The first-order valence-electron chi connectivity index (χ1n) is 5.95. The lowest BCUT2D eigenvalue weighted by atomic mass is 9.85. The molecule has 0 heterocycles. The van der Waals surface area contributed by atoms with Crippen molar-refractivity contribution in [1.29, 1.82) is 0 Å². The summed E-state index contributed by atoms with van der Waals surface area (Å²) in [6, 6.07) is 12.5. The Hall–Kier alpha value is -2.53. The van der Waals surface area contributed by atoms with Gasteiger partial charge in [-0.1, -0.05) is 36.4 Å². The van der Waals surface area contributed by atoms with Gasteiger partial charge in [0.15, 0.2) is 17.1 Å². The van der Waals surface area contributed by atoms with Crippen molar-refractivity contribution >= 4 is 5.91 Å². The zero-order valence-electron chi connectivity index (χ0n) is 10.9. The van der Waals surface area contributed by atoms with Crippen molar-refractivity contribution in [3.8, 4) is 11.5 Å². The van der Waals surface area contributed by atoms with E-state index in [0.717, 1.165) is 0 Å². The Balaban J connectivity index is 2.60. The second-order valence-corrected chi connectivity index (χ2v) is 4.33. The SMILES string of the molecule is COc1ccc(C(O)(C(N)=O)c2ccccc2)cc1O. The van der Waals surface area contributed by atoms with E-state index >= 15 is 0 Å². The third-order valence-corrected chi connectivity index (χ3v) is 3.14. The Morgan fingerprint density at radius 1 is 1.15 bits per heavy atom. The van der Waals surface area contributed by atoms with Gasteiger partial charge in [-0.2, -0.15) is 0 Å². The van der Waals surface area contributed by atoms with Crippen molar-refractivity contribution in [2.45, 2.75) is 5.60 Å². The molecule has 0 saturated heterocycles. The van der Waals surface area contributed by atoms with Gasteiger partial charge in [0.1, 0.15) is 0 Å². The zero-order valence-corrected chi connectivity index (χ0v) is 10.9. The van der Waals surface area contributed by atoms with Gasteiger partial charge in [-0.3, -0.25) is 4.79 Å². The Kier molecular flexibility index (Phi) is 3.63. The molecule has 2 rings (SSSR count). The quantitative estimate of drug-likeness (QED) is 0.778. The predicted molar refractivity (Wildman–Crippen MR) is 73.3 cm³/mol. The minimum absolute atomic E-state index is 0.175. The largest absolute Gasteiger partial charge is 0.504 e. The first-order chi connectivity index (χ1) is 9.50. The average Bonchev–Trinajstić information content (AvgIpc) is 2.47. The van der Waals surface area contributed by atoms with Crippen molar-refractivity contribution in [2.24, 2.45) is 5.73 Å². The van der Waals surface area contributed by atoms with Gasteiger partial charge in [-0.15, -0.1) is 0 Å². The molecule has 0 aliphatic heterocycles. The van der Waals surface area contributed by atoms with E-state index in [1.54, 1.807) is 30.3 Å². The summed E-state index contributed by atoms with van der Waals surface area (Å²) < 4.78 is 4.93. The van der Waals surface area contributed by atoms with Crippen LogP contribution in [0.5, 0.6) is 11.5 Å². The maximum absolute atomic E-state index is 11.7. The van der Waals surface area contributed by atoms with Crippen molar-refractivity contribution in [3.05, 3.63) is 59.7 Å². The second kappa shape index (κ2) is 5.22. The minimum atomic E-state index is -2.01. The highest BCUT2D eigenvalue weighted by atomic mass is 16.5. The van der Waals surface area contributed by atoms with Crippen LogP contribution in [-0.2, 0) is 10.4 Å². The molecule has 0 fully saturated rings. The summed E-state index contributed by atoms with van der Waals surface area (Å²) in [6.45, 7) is 0. The number of methoxy groups -OCH3 is 1. The van der Waals surface area contributed by atoms with Gasteiger partial charge >= 0.3 is 0 Å². The molecule has 1 amide bonds. The summed E-state index contributed by atoms with van der Waals surface area (Å²) >= 11 is 0. The molecule has 0 aliphatic carbocycles. The third kappa shape index (κ3) is 2.19. The van der Waals surface area contributed by atoms with E-state index in [0.29, 0.717) is 5.56 Å². The molecule has 0 saturated carbocycles. The zero-order chi connectivity index (χ0) is 14.8. The molecule has 1 atom stereocenters. The molecule has 1 unspecified atom stereocenters. The molecule has 0 bridgehead atoms. The topological polar surface area (TPSA) is 92.8 Å². The Bertz CT molecular complexity index is 627. The third-order valence-electron chi connectivity index (χ3n) is 3.14. The van der Waals surface area contributed by atoms with Crippen molar-refractivity contribution in [1.82, 2.24) is 0 Å². The maximum atomic E-state index is 11.7. The number of phenols is 1. The molecule has 20 heavy (non-hydrogen) atoms. The lowest BCUT2D eigenvalue weighted by molar-refractivity contribution is -0.133.